The third-order valence-corrected chi connectivity index (χ3v) is 5.56. The van der Waals surface area contributed by atoms with Gasteiger partial charge in [-0.2, -0.15) is 0 Å². The highest BCUT2D eigenvalue weighted by molar-refractivity contribution is 7.16. The van der Waals surface area contributed by atoms with Crippen molar-refractivity contribution in [2.45, 2.75) is 19.1 Å². The summed E-state index contributed by atoms with van der Waals surface area (Å²) in [6, 6.07) is 16.4. The van der Waals surface area contributed by atoms with Crippen LogP contribution in [0.4, 0.5) is 4.39 Å². The fourth-order valence-electron chi connectivity index (χ4n) is 3.26. The van der Waals surface area contributed by atoms with E-state index in [9.17, 15) is 9.18 Å². The lowest BCUT2D eigenvalue weighted by molar-refractivity contribution is -0.0690. The Labute approximate surface area is 161 Å². The molecule has 138 valence electrons. The molecule has 0 spiro atoms. The SMILES string of the molecule is CC1CN(C(=O)c2cnc(-c3ccccc3F)s2)CC(c2ccccc2)O1. The van der Waals surface area contributed by atoms with Crippen LogP contribution in [0.2, 0.25) is 0 Å². The van der Waals surface area contributed by atoms with E-state index < -0.39 is 0 Å². The van der Waals surface area contributed by atoms with Crippen molar-refractivity contribution in [1.29, 1.82) is 0 Å². The second-order valence-corrected chi connectivity index (χ2v) is 7.60. The third-order valence-electron chi connectivity index (χ3n) is 4.54. The van der Waals surface area contributed by atoms with Crippen molar-refractivity contribution >= 4 is 17.2 Å². The average molecular weight is 382 g/mol. The number of benzene rings is 2. The molecule has 2 unspecified atom stereocenters. The normalized spacial score (nSPS) is 19.9. The predicted molar refractivity (Wildman–Crippen MR) is 103 cm³/mol. The fraction of sp³-hybridized carbons (Fsp3) is 0.238. The van der Waals surface area contributed by atoms with Gasteiger partial charge in [-0.15, -0.1) is 11.3 Å². The lowest BCUT2D eigenvalue weighted by Crippen LogP contribution is -2.45. The first-order chi connectivity index (χ1) is 13.1. The summed E-state index contributed by atoms with van der Waals surface area (Å²) >= 11 is 1.22. The Morgan fingerprint density at radius 1 is 1.15 bits per heavy atom. The zero-order chi connectivity index (χ0) is 18.8. The Morgan fingerprint density at radius 2 is 1.89 bits per heavy atom. The fourth-order valence-corrected chi connectivity index (χ4v) is 4.17. The van der Waals surface area contributed by atoms with Gasteiger partial charge in [0.1, 0.15) is 21.8 Å². The molecule has 1 saturated heterocycles. The molecule has 27 heavy (non-hydrogen) atoms. The second kappa shape index (κ2) is 7.58. The Bertz CT molecular complexity index is 944. The number of aromatic nitrogens is 1. The molecule has 0 aliphatic carbocycles. The van der Waals surface area contributed by atoms with E-state index in [1.807, 2.05) is 37.3 Å². The van der Waals surface area contributed by atoms with Gasteiger partial charge in [-0.1, -0.05) is 42.5 Å². The highest BCUT2D eigenvalue weighted by Crippen LogP contribution is 2.30. The summed E-state index contributed by atoms with van der Waals surface area (Å²) in [5.41, 5.74) is 1.47. The third kappa shape index (κ3) is 3.77. The molecule has 2 heterocycles. The minimum Gasteiger partial charge on any atom is -0.367 e. The minimum atomic E-state index is -0.338. The van der Waals surface area contributed by atoms with E-state index in [2.05, 4.69) is 4.98 Å². The molecule has 0 saturated carbocycles. The smallest absolute Gasteiger partial charge is 0.265 e. The molecule has 3 aromatic rings. The van der Waals surface area contributed by atoms with Crippen LogP contribution in [0.3, 0.4) is 0 Å². The van der Waals surface area contributed by atoms with Gasteiger partial charge < -0.3 is 9.64 Å². The Hall–Kier alpha value is -2.57. The molecule has 1 amide bonds. The first kappa shape index (κ1) is 17.8. The number of morpholine rings is 1. The van der Waals surface area contributed by atoms with E-state index in [0.717, 1.165) is 5.56 Å². The zero-order valence-electron chi connectivity index (χ0n) is 14.8. The number of nitrogens with zero attached hydrogens (tertiary/aromatic N) is 2. The molecule has 2 atom stereocenters. The standard InChI is InChI=1S/C21H19FN2O2S/c1-14-12-24(13-18(26-14)15-7-3-2-4-8-15)21(25)19-11-23-20(27-19)16-9-5-6-10-17(16)22/h2-11,14,18H,12-13H2,1H3. The van der Waals surface area contributed by atoms with Gasteiger partial charge >= 0.3 is 0 Å². The van der Waals surface area contributed by atoms with Crippen LogP contribution in [0.5, 0.6) is 0 Å². The summed E-state index contributed by atoms with van der Waals surface area (Å²) in [4.78, 5) is 19.6. The largest absolute Gasteiger partial charge is 0.367 e. The molecule has 1 fully saturated rings. The lowest BCUT2D eigenvalue weighted by atomic mass is 10.1. The van der Waals surface area contributed by atoms with Gasteiger partial charge in [-0.05, 0) is 24.6 Å². The van der Waals surface area contributed by atoms with Gasteiger partial charge in [0.2, 0.25) is 0 Å². The predicted octanol–water partition coefficient (Wildman–Crippen LogP) is 4.55. The first-order valence-corrected chi connectivity index (χ1v) is 9.64. The lowest BCUT2D eigenvalue weighted by Gasteiger charge is -2.36. The van der Waals surface area contributed by atoms with Gasteiger partial charge in [-0.3, -0.25) is 4.79 Å². The van der Waals surface area contributed by atoms with Crippen molar-refractivity contribution in [3.8, 4) is 10.6 Å². The molecule has 6 heteroatoms. The summed E-state index contributed by atoms with van der Waals surface area (Å²) in [5.74, 6) is -0.429. The monoisotopic (exact) mass is 382 g/mol. The van der Waals surface area contributed by atoms with E-state index in [4.69, 9.17) is 4.74 Å². The molecule has 1 aliphatic heterocycles. The van der Waals surface area contributed by atoms with E-state index in [1.54, 1.807) is 23.1 Å². The number of amides is 1. The number of halogens is 1. The van der Waals surface area contributed by atoms with Crippen LogP contribution in [-0.4, -0.2) is 35.0 Å². The van der Waals surface area contributed by atoms with Crippen molar-refractivity contribution < 1.29 is 13.9 Å². The number of hydrogen-bond acceptors (Lipinski definition) is 4. The molecular formula is C21H19FN2O2S. The summed E-state index contributed by atoms with van der Waals surface area (Å²) in [7, 11) is 0. The van der Waals surface area contributed by atoms with Crippen molar-refractivity contribution in [3.05, 3.63) is 77.1 Å². The van der Waals surface area contributed by atoms with Crippen LogP contribution in [-0.2, 0) is 4.74 Å². The summed E-state index contributed by atoms with van der Waals surface area (Å²) < 4.78 is 20.0. The molecule has 4 rings (SSSR count). The van der Waals surface area contributed by atoms with Crippen LogP contribution in [0, 0.1) is 5.82 Å². The summed E-state index contributed by atoms with van der Waals surface area (Å²) in [6.45, 7) is 2.97. The average Bonchev–Trinajstić information content (AvgIpc) is 3.18. The van der Waals surface area contributed by atoms with Gasteiger partial charge in [0, 0.05) is 12.1 Å². The van der Waals surface area contributed by atoms with Gasteiger partial charge in [-0.25, -0.2) is 9.37 Å². The zero-order valence-corrected chi connectivity index (χ0v) is 15.7. The number of carbonyl (C=O) groups is 1. The maximum absolute atomic E-state index is 14.0. The van der Waals surface area contributed by atoms with E-state index in [0.29, 0.717) is 28.5 Å². The molecule has 1 aromatic heterocycles. The Morgan fingerprint density at radius 3 is 2.67 bits per heavy atom. The van der Waals surface area contributed by atoms with Crippen molar-refractivity contribution in [1.82, 2.24) is 9.88 Å². The van der Waals surface area contributed by atoms with Crippen LogP contribution >= 0.6 is 11.3 Å². The quantitative estimate of drug-likeness (QED) is 0.667. The molecular weight excluding hydrogens is 363 g/mol. The highest BCUT2D eigenvalue weighted by atomic mass is 32.1. The minimum absolute atomic E-state index is 0.0631. The molecule has 0 radical (unpaired) electrons. The van der Waals surface area contributed by atoms with Crippen molar-refractivity contribution in [2.75, 3.05) is 13.1 Å². The van der Waals surface area contributed by atoms with Crippen LogP contribution in [0.1, 0.15) is 28.3 Å². The maximum Gasteiger partial charge on any atom is 0.265 e. The van der Waals surface area contributed by atoms with Crippen LogP contribution < -0.4 is 0 Å². The Kier molecular flexibility index (Phi) is 5.01. The highest BCUT2D eigenvalue weighted by Gasteiger charge is 2.30. The molecule has 0 N–H and O–H groups in total. The topological polar surface area (TPSA) is 42.4 Å². The van der Waals surface area contributed by atoms with Gasteiger partial charge in [0.15, 0.2) is 0 Å². The number of rotatable bonds is 3. The van der Waals surface area contributed by atoms with Crippen molar-refractivity contribution in [3.63, 3.8) is 0 Å². The van der Waals surface area contributed by atoms with Gasteiger partial charge in [0.25, 0.3) is 5.91 Å². The molecule has 4 nitrogen and oxygen atoms in total. The number of carbonyl (C=O) groups excluding carboxylic acids is 1. The van der Waals surface area contributed by atoms with Crippen LogP contribution in [0.15, 0.2) is 60.8 Å². The van der Waals surface area contributed by atoms with E-state index in [1.165, 1.54) is 23.6 Å². The van der Waals surface area contributed by atoms with E-state index in [-0.39, 0.29) is 23.9 Å². The van der Waals surface area contributed by atoms with Crippen molar-refractivity contribution in [2.24, 2.45) is 0 Å². The second-order valence-electron chi connectivity index (χ2n) is 6.57. The van der Waals surface area contributed by atoms with Crippen LogP contribution in [0.25, 0.3) is 10.6 Å². The summed E-state index contributed by atoms with van der Waals surface area (Å²) in [5, 5.41) is 0.511. The van der Waals surface area contributed by atoms with E-state index >= 15 is 0 Å². The molecule has 0 bridgehead atoms. The number of thiazole rings is 1. The molecule has 1 aliphatic rings. The summed E-state index contributed by atoms with van der Waals surface area (Å²) in [6.07, 6.45) is 1.32. The number of ether oxygens (including phenoxy) is 1. The Balaban J connectivity index is 1.55. The van der Waals surface area contributed by atoms with Gasteiger partial charge in [0.05, 0.1) is 18.8 Å². The maximum atomic E-state index is 14.0. The first-order valence-electron chi connectivity index (χ1n) is 8.82. The molecule has 2 aromatic carbocycles. The number of hydrogen-bond donors (Lipinski definition) is 0.